The molecular weight excluding hydrogens is 256 g/mol. The van der Waals surface area contributed by atoms with E-state index in [1.54, 1.807) is 0 Å². The van der Waals surface area contributed by atoms with E-state index in [9.17, 15) is 0 Å². The van der Waals surface area contributed by atoms with Gasteiger partial charge in [-0.3, -0.25) is 0 Å². The molecule has 0 amide bonds. The van der Waals surface area contributed by atoms with Gasteiger partial charge in [0.25, 0.3) is 0 Å². The van der Waals surface area contributed by atoms with Gasteiger partial charge in [-0.2, -0.15) is 0 Å². The molecule has 118 valence electrons. The van der Waals surface area contributed by atoms with Gasteiger partial charge in [0.05, 0.1) is 0 Å². The predicted molar refractivity (Wildman–Crippen MR) is 91.8 cm³/mol. The van der Waals surface area contributed by atoms with Crippen molar-refractivity contribution in [1.82, 2.24) is 10.6 Å². The van der Waals surface area contributed by atoms with Gasteiger partial charge in [0.1, 0.15) is 0 Å². The molecule has 1 aromatic carbocycles. The summed E-state index contributed by atoms with van der Waals surface area (Å²) in [5.74, 6) is 0. The van der Waals surface area contributed by atoms with E-state index in [0.29, 0.717) is 6.04 Å². The van der Waals surface area contributed by atoms with Crippen molar-refractivity contribution in [3.05, 3.63) is 34.4 Å². The summed E-state index contributed by atoms with van der Waals surface area (Å²) in [5, 5.41) is 7.56. The summed E-state index contributed by atoms with van der Waals surface area (Å²) in [6.07, 6.45) is 2.36. The summed E-state index contributed by atoms with van der Waals surface area (Å²) in [7, 11) is 0. The lowest BCUT2D eigenvalue weighted by Gasteiger charge is -2.46. The normalized spacial score (nSPS) is 21.5. The largest absolute Gasteiger partial charge is 0.310 e. The molecular formula is C19H32N2. The molecule has 2 rings (SSSR count). The smallest absolute Gasteiger partial charge is 0.0213 e. The van der Waals surface area contributed by atoms with E-state index in [-0.39, 0.29) is 11.1 Å². The second kappa shape index (κ2) is 5.73. The molecule has 0 aliphatic carbocycles. The van der Waals surface area contributed by atoms with Crippen LogP contribution in [0.2, 0.25) is 0 Å². The summed E-state index contributed by atoms with van der Waals surface area (Å²) in [6.45, 7) is 16.9. The number of hydrogen-bond acceptors (Lipinski definition) is 2. The van der Waals surface area contributed by atoms with Gasteiger partial charge >= 0.3 is 0 Å². The van der Waals surface area contributed by atoms with Gasteiger partial charge in [-0.15, -0.1) is 0 Å². The monoisotopic (exact) mass is 288 g/mol. The standard InChI is InChI=1S/C19H32N2/c1-13-8-14(2)17(15(3)9-13)12-20-16-10-18(4,5)21-19(6,7)11-16/h8-9,16,20-21H,10-12H2,1-7H3. The van der Waals surface area contributed by atoms with Crippen LogP contribution in [0.25, 0.3) is 0 Å². The van der Waals surface area contributed by atoms with Gasteiger partial charge < -0.3 is 10.6 Å². The van der Waals surface area contributed by atoms with Gasteiger partial charge in [-0.25, -0.2) is 0 Å². The third-order valence-electron chi connectivity index (χ3n) is 4.60. The third kappa shape index (κ3) is 4.31. The summed E-state index contributed by atoms with van der Waals surface area (Å²) >= 11 is 0. The Balaban J connectivity index is 2.06. The summed E-state index contributed by atoms with van der Waals surface area (Å²) in [4.78, 5) is 0. The van der Waals surface area contributed by atoms with E-state index in [2.05, 4.69) is 71.2 Å². The summed E-state index contributed by atoms with van der Waals surface area (Å²) in [6, 6.07) is 5.16. The summed E-state index contributed by atoms with van der Waals surface area (Å²) in [5.41, 5.74) is 6.06. The lowest BCUT2D eigenvalue weighted by Crippen LogP contribution is -2.61. The highest BCUT2D eigenvalue weighted by Gasteiger charge is 2.37. The predicted octanol–water partition coefficient (Wildman–Crippen LogP) is 4.01. The zero-order valence-corrected chi connectivity index (χ0v) is 14.9. The number of benzene rings is 1. The molecule has 0 aromatic heterocycles. The Hall–Kier alpha value is -0.860. The number of nitrogens with one attached hydrogen (secondary N) is 2. The zero-order valence-electron chi connectivity index (χ0n) is 14.9. The quantitative estimate of drug-likeness (QED) is 0.878. The minimum Gasteiger partial charge on any atom is -0.310 e. The molecule has 1 saturated heterocycles. The van der Waals surface area contributed by atoms with E-state index in [1.807, 2.05) is 0 Å². The molecule has 0 unspecified atom stereocenters. The van der Waals surface area contributed by atoms with Crippen molar-refractivity contribution in [2.45, 2.75) is 85.0 Å². The molecule has 0 saturated carbocycles. The van der Waals surface area contributed by atoms with Gasteiger partial charge in [-0.05, 0) is 78.0 Å². The topological polar surface area (TPSA) is 24.1 Å². The fourth-order valence-electron chi connectivity index (χ4n) is 4.20. The number of rotatable bonds is 3. The van der Waals surface area contributed by atoms with E-state index >= 15 is 0 Å². The Morgan fingerprint density at radius 3 is 1.95 bits per heavy atom. The fraction of sp³-hybridized carbons (Fsp3) is 0.684. The first-order chi connectivity index (χ1) is 9.58. The van der Waals surface area contributed by atoms with Gasteiger partial charge in [-0.1, -0.05) is 17.7 Å². The first-order valence-electron chi connectivity index (χ1n) is 8.17. The molecule has 0 bridgehead atoms. The van der Waals surface area contributed by atoms with Crippen LogP contribution >= 0.6 is 0 Å². The molecule has 0 radical (unpaired) electrons. The van der Waals surface area contributed by atoms with Crippen molar-refractivity contribution in [1.29, 1.82) is 0 Å². The number of piperidine rings is 1. The SMILES string of the molecule is Cc1cc(C)c(CNC2CC(C)(C)NC(C)(C)C2)c(C)c1. The number of aryl methyl sites for hydroxylation is 3. The van der Waals surface area contributed by atoms with Crippen molar-refractivity contribution in [3.63, 3.8) is 0 Å². The Morgan fingerprint density at radius 1 is 1.00 bits per heavy atom. The lowest BCUT2D eigenvalue weighted by atomic mass is 9.79. The Morgan fingerprint density at radius 2 is 1.48 bits per heavy atom. The van der Waals surface area contributed by atoms with Crippen LogP contribution in [-0.2, 0) is 6.54 Å². The minimum absolute atomic E-state index is 0.205. The Kier molecular flexibility index (Phi) is 4.51. The highest BCUT2D eigenvalue weighted by atomic mass is 15.1. The van der Waals surface area contributed by atoms with Gasteiger partial charge in [0.15, 0.2) is 0 Å². The molecule has 1 aliphatic heterocycles. The maximum atomic E-state index is 3.81. The second-order valence-electron chi connectivity index (χ2n) is 8.26. The van der Waals surface area contributed by atoms with Crippen molar-refractivity contribution in [3.8, 4) is 0 Å². The fourth-order valence-corrected chi connectivity index (χ4v) is 4.20. The van der Waals surface area contributed by atoms with Crippen LogP contribution in [0.1, 0.15) is 62.8 Å². The van der Waals surface area contributed by atoms with Crippen molar-refractivity contribution < 1.29 is 0 Å². The molecule has 0 atom stereocenters. The van der Waals surface area contributed by atoms with Crippen LogP contribution in [0, 0.1) is 20.8 Å². The van der Waals surface area contributed by atoms with E-state index in [1.165, 1.54) is 35.1 Å². The van der Waals surface area contributed by atoms with Crippen molar-refractivity contribution >= 4 is 0 Å². The summed E-state index contributed by atoms with van der Waals surface area (Å²) < 4.78 is 0. The molecule has 1 heterocycles. The lowest BCUT2D eigenvalue weighted by molar-refractivity contribution is 0.145. The number of hydrogen-bond donors (Lipinski definition) is 2. The van der Waals surface area contributed by atoms with Crippen molar-refractivity contribution in [2.24, 2.45) is 0 Å². The van der Waals surface area contributed by atoms with Crippen LogP contribution < -0.4 is 10.6 Å². The van der Waals surface area contributed by atoms with Gasteiger partial charge in [0, 0.05) is 23.7 Å². The molecule has 1 aromatic rings. The molecule has 0 spiro atoms. The highest BCUT2D eigenvalue weighted by Crippen LogP contribution is 2.29. The van der Waals surface area contributed by atoms with Crippen molar-refractivity contribution in [2.75, 3.05) is 0 Å². The maximum Gasteiger partial charge on any atom is 0.0213 e. The van der Waals surface area contributed by atoms with E-state index < -0.39 is 0 Å². The van der Waals surface area contributed by atoms with Crippen LogP contribution in [-0.4, -0.2) is 17.1 Å². The maximum absolute atomic E-state index is 3.81. The molecule has 1 aliphatic rings. The average Bonchev–Trinajstić information content (AvgIpc) is 2.22. The Bertz CT molecular complexity index is 475. The Labute approximate surface area is 130 Å². The van der Waals surface area contributed by atoms with Crippen LogP contribution in [0.5, 0.6) is 0 Å². The first kappa shape index (κ1) is 16.5. The van der Waals surface area contributed by atoms with Crippen LogP contribution in [0.4, 0.5) is 0 Å². The molecule has 2 heteroatoms. The van der Waals surface area contributed by atoms with Crippen LogP contribution in [0.15, 0.2) is 12.1 Å². The van der Waals surface area contributed by atoms with E-state index in [0.717, 1.165) is 6.54 Å². The molecule has 1 fully saturated rings. The van der Waals surface area contributed by atoms with Crippen LogP contribution in [0.3, 0.4) is 0 Å². The van der Waals surface area contributed by atoms with Gasteiger partial charge in [0.2, 0.25) is 0 Å². The highest BCUT2D eigenvalue weighted by molar-refractivity contribution is 5.37. The minimum atomic E-state index is 0.205. The first-order valence-corrected chi connectivity index (χ1v) is 8.17. The molecule has 21 heavy (non-hydrogen) atoms. The average molecular weight is 288 g/mol. The third-order valence-corrected chi connectivity index (χ3v) is 4.60. The zero-order chi connectivity index (χ0) is 15.8. The van der Waals surface area contributed by atoms with E-state index in [4.69, 9.17) is 0 Å². The second-order valence-corrected chi connectivity index (χ2v) is 8.26. The molecule has 2 N–H and O–H groups in total. The molecule has 2 nitrogen and oxygen atoms in total.